The number of nitrogens with zero attached hydrogens (tertiary/aromatic N) is 1. The molecule has 0 aliphatic rings. The molecule has 1 aromatic carbocycles. The van der Waals surface area contributed by atoms with E-state index in [4.69, 9.17) is 26.8 Å². The maximum Gasteiger partial charge on any atom is 0.405 e. The fourth-order valence-corrected chi connectivity index (χ4v) is 3.01. The number of hydrogen-bond donors (Lipinski definition) is 2. The maximum absolute atomic E-state index is 11.4. The minimum absolute atomic E-state index is 0.108. The van der Waals surface area contributed by atoms with Gasteiger partial charge in [0.05, 0.1) is 17.0 Å². The van der Waals surface area contributed by atoms with Crippen molar-refractivity contribution in [1.29, 1.82) is 0 Å². The van der Waals surface area contributed by atoms with Crippen LogP contribution < -0.4 is 16.0 Å². The highest BCUT2D eigenvalue weighted by atomic mass is 35.5. The Morgan fingerprint density at radius 3 is 2.69 bits per heavy atom. The molecule has 0 saturated heterocycles. The molecule has 0 aliphatic carbocycles. The topological polar surface area (TPSA) is 107 Å². The number of aromatic amines is 1. The minimum atomic E-state index is -0.865. The molecule has 2 aromatic rings. The van der Waals surface area contributed by atoms with Crippen LogP contribution in [0.25, 0.3) is 11.3 Å². The lowest BCUT2D eigenvalue weighted by molar-refractivity contribution is -0.0185. The van der Waals surface area contributed by atoms with Crippen LogP contribution in [-0.4, -0.2) is 28.3 Å². The summed E-state index contributed by atoms with van der Waals surface area (Å²) in [5.74, 6) is 0.714. The number of rotatable bonds is 7. The average molecular weight is 380 g/mol. The van der Waals surface area contributed by atoms with Gasteiger partial charge in [0.1, 0.15) is 18.0 Å². The van der Waals surface area contributed by atoms with Crippen LogP contribution in [-0.2, 0) is 4.74 Å². The first kappa shape index (κ1) is 19.8. The first-order valence-corrected chi connectivity index (χ1v) is 8.52. The van der Waals surface area contributed by atoms with Gasteiger partial charge in [-0.15, -0.1) is 0 Å². The SMILES string of the molecule is CC(C)C[C@@](C)(COc1ccc(-c2cc(=O)[nH]cn2)cc1Cl)OC(N)=O. The third kappa shape index (κ3) is 5.49. The van der Waals surface area contributed by atoms with Gasteiger partial charge < -0.3 is 20.2 Å². The zero-order valence-corrected chi connectivity index (χ0v) is 15.7. The number of ether oxygens (including phenoxy) is 2. The van der Waals surface area contributed by atoms with Gasteiger partial charge in [-0.25, -0.2) is 9.78 Å². The third-order valence-electron chi connectivity index (χ3n) is 3.63. The maximum atomic E-state index is 11.4. The molecule has 7 nitrogen and oxygen atoms in total. The van der Waals surface area contributed by atoms with Crippen molar-refractivity contribution in [3.8, 4) is 17.0 Å². The van der Waals surface area contributed by atoms with Gasteiger partial charge in [-0.05, 0) is 37.5 Å². The molecule has 8 heteroatoms. The van der Waals surface area contributed by atoms with Crippen LogP contribution in [0.4, 0.5) is 4.79 Å². The van der Waals surface area contributed by atoms with Crippen LogP contribution in [0.15, 0.2) is 35.4 Å². The second kappa shape index (κ2) is 8.23. The fourth-order valence-electron chi connectivity index (χ4n) is 2.77. The standard InChI is InChI=1S/C18H22ClN3O4/c1-11(2)8-18(3,26-17(20)24)9-25-15-5-4-12(6-13(15)19)14-7-16(23)22-10-21-14/h4-7,10-11H,8-9H2,1-3H3,(H2,20,24)(H,21,22,23)/t18-/m0/s1. The average Bonchev–Trinajstić information content (AvgIpc) is 2.52. The Hall–Kier alpha value is -2.54. The predicted octanol–water partition coefficient (Wildman–Crippen LogP) is 3.37. The number of H-pyrrole nitrogens is 1. The van der Waals surface area contributed by atoms with Crippen molar-refractivity contribution in [2.45, 2.75) is 32.8 Å². The molecule has 0 spiro atoms. The fraction of sp³-hybridized carbons (Fsp3) is 0.389. The highest BCUT2D eigenvalue weighted by Gasteiger charge is 2.30. The Morgan fingerprint density at radius 2 is 2.12 bits per heavy atom. The van der Waals surface area contributed by atoms with Gasteiger partial charge in [-0.1, -0.05) is 25.4 Å². The van der Waals surface area contributed by atoms with Crippen molar-refractivity contribution < 1.29 is 14.3 Å². The van der Waals surface area contributed by atoms with Crippen LogP contribution in [0.2, 0.25) is 5.02 Å². The Balaban J connectivity index is 2.16. The summed E-state index contributed by atoms with van der Waals surface area (Å²) in [6.07, 6.45) is 1.07. The molecule has 3 N–H and O–H groups in total. The Bertz CT molecular complexity index is 837. The zero-order valence-electron chi connectivity index (χ0n) is 14.9. The molecule has 2 rings (SSSR count). The van der Waals surface area contributed by atoms with E-state index in [0.29, 0.717) is 28.5 Å². The molecule has 26 heavy (non-hydrogen) atoms. The van der Waals surface area contributed by atoms with Crippen molar-refractivity contribution >= 4 is 17.7 Å². The van der Waals surface area contributed by atoms with Crippen LogP contribution >= 0.6 is 11.6 Å². The lowest BCUT2D eigenvalue weighted by Crippen LogP contribution is -2.41. The van der Waals surface area contributed by atoms with E-state index in [0.717, 1.165) is 0 Å². The normalized spacial score (nSPS) is 13.3. The minimum Gasteiger partial charge on any atom is -0.488 e. The molecule has 1 aromatic heterocycles. The summed E-state index contributed by atoms with van der Waals surface area (Å²) in [6, 6.07) is 6.47. The lowest BCUT2D eigenvalue weighted by Gasteiger charge is -2.30. The van der Waals surface area contributed by atoms with E-state index in [9.17, 15) is 9.59 Å². The molecule has 1 atom stereocenters. The summed E-state index contributed by atoms with van der Waals surface area (Å²) in [5.41, 5.74) is 5.25. The molecule has 0 unspecified atom stereocenters. The lowest BCUT2D eigenvalue weighted by atomic mass is 9.95. The molecule has 140 valence electrons. The first-order valence-electron chi connectivity index (χ1n) is 8.14. The summed E-state index contributed by atoms with van der Waals surface area (Å²) in [6.45, 7) is 5.90. The van der Waals surface area contributed by atoms with Crippen molar-refractivity contribution in [2.75, 3.05) is 6.61 Å². The monoisotopic (exact) mass is 379 g/mol. The zero-order chi connectivity index (χ0) is 19.3. The second-order valence-corrected chi connectivity index (χ2v) is 7.11. The van der Waals surface area contributed by atoms with E-state index in [1.807, 2.05) is 13.8 Å². The van der Waals surface area contributed by atoms with E-state index in [1.165, 1.54) is 12.4 Å². The molecule has 0 saturated carbocycles. The number of nitrogens with two attached hydrogens (primary N) is 1. The van der Waals surface area contributed by atoms with Crippen molar-refractivity contribution in [3.05, 3.63) is 46.0 Å². The highest BCUT2D eigenvalue weighted by Crippen LogP contribution is 2.31. The smallest absolute Gasteiger partial charge is 0.405 e. The second-order valence-electron chi connectivity index (χ2n) is 6.70. The van der Waals surface area contributed by atoms with Gasteiger partial charge in [0, 0.05) is 11.6 Å². The van der Waals surface area contributed by atoms with E-state index in [1.54, 1.807) is 25.1 Å². The number of hydrogen-bond acceptors (Lipinski definition) is 5. The van der Waals surface area contributed by atoms with Crippen molar-refractivity contribution in [1.82, 2.24) is 9.97 Å². The van der Waals surface area contributed by atoms with Crippen LogP contribution in [0, 0.1) is 5.92 Å². The molecule has 0 radical (unpaired) electrons. The van der Waals surface area contributed by atoms with Gasteiger partial charge in [0.25, 0.3) is 5.56 Å². The highest BCUT2D eigenvalue weighted by molar-refractivity contribution is 6.32. The van der Waals surface area contributed by atoms with Crippen LogP contribution in [0.1, 0.15) is 27.2 Å². The van der Waals surface area contributed by atoms with Gasteiger partial charge in [-0.2, -0.15) is 0 Å². The summed E-state index contributed by atoms with van der Waals surface area (Å²) in [7, 11) is 0. The van der Waals surface area contributed by atoms with Gasteiger partial charge in [-0.3, -0.25) is 4.79 Å². The van der Waals surface area contributed by atoms with Gasteiger partial charge in [0.2, 0.25) is 0 Å². The van der Waals surface area contributed by atoms with Crippen molar-refractivity contribution in [3.63, 3.8) is 0 Å². The van der Waals surface area contributed by atoms with Crippen LogP contribution in [0.3, 0.4) is 0 Å². The summed E-state index contributed by atoms with van der Waals surface area (Å²) >= 11 is 6.29. The predicted molar refractivity (Wildman–Crippen MR) is 99.3 cm³/mol. The number of nitrogens with one attached hydrogen (secondary N) is 1. The molecule has 0 aliphatic heterocycles. The molecule has 1 heterocycles. The molecular weight excluding hydrogens is 358 g/mol. The van der Waals surface area contributed by atoms with Crippen LogP contribution in [0.5, 0.6) is 5.75 Å². The quantitative estimate of drug-likeness (QED) is 0.766. The molecular formula is C18H22ClN3O4. The molecule has 0 fully saturated rings. The summed E-state index contributed by atoms with van der Waals surface area (Å²) < 4.78 is 11.0. The number of halogens is 1. The molecule has 0 bridgehead atoms. The number of amides is 1. The summed E-state index contributed by atoms with van der Waals surface area (Å²) in [5, 5.41) is 0.357. The number of primary amides is 1. The van der Waals surface area contributed by atoms with Gasteiger partial charge >= 0.3 is 6.09 Å². The Labute approximate surface area is 156 Å². The number of carbonyl (C=O) groups excluding carboxylic acids is 1. The van der Waals surface area contributed by atoms with E-state index >= 15 is 0 Å². The molecule has 1 amide bonds. The Kier molecular flexibility index (Phi) is 6.26. The number of aromatic nitrogens is 2. The third-order valence-corrected chi connectivity index (χ3v) is 3.92. The first-order chi connectivity index (χ1) is 12.2. The van der Waals surface area contributed by atoms with Crippen molar-refractivity contribution in [2.24, 2.45) is 11.7 Å². The summed E-state index contributed by atoms with van der Waals surface area (Å²) in [4.78, 5) is 29.2. The van der Waals surface area contributed by atoms with E-state index in [2.05, 4.69) is 9.97 Å². The number of carbonyl (C=O) groups is 1. The largest absolute Gasteiger partial charge is 0.488 e. The number of benzene rings is 1. The van der Waals surface area contributed by atoms with Gasteiger partial charge in [0.15, 0.2) is 0 Å². The van der Waals surface area contributed by atoms with E-state index in [-0.39, 0.29) is 18.1 Å². The van der Waals surface area contributed by atoms with E-state index < -0.39 is 11.7 Å². The Morgan fingerprint density at radius 1 is 1.38 bits per heavy atom.